The summed E-state index contributed by atoms with van der Waals surface area (Å²) in [7, 11) is 1.73. The summed E-state index contributed by atoms with van der Waals surface area (Å²) in [5.41, 5.74) is 8.23. The van der Waals surface area contributed by atoms with Crippen molar-refractivity contribution in [2.45, 2.75) is 52.4 Å². The van der Waals surface area contributed by atoms with Crippen molar-refractivity contribution in [3.05, 3.63) is 93.7 Å². The van der Waals surface area contributed by atoms with Crippen LogP contribution in [0.4, 0.5) is 0 Å². The number of rotatable bonds is 13. The number of allylic oxidation sites excluding steroid dienone is 2. The zero-order valence-electron chi connectivity index (χ0n) is 23.3. The van der Waals surface area contributed by atoms with Gasteiger partial charge in [0.25, 0.3) is 0 Å². The molecule has 2 heterocycles. The number of primary amides is 1. The van der Waals surface area contributed by atoms with Crippen LogP contribution in [0.5, 0.6) is 0 Å². The lowest BCUT2D eigenvalue weighted by Gasteiger charge is -2.41. The molecule has 4 rings (SSSR count). The van der Waals surface area contributed by atoms with Gasteiger partial charge in [-0.25, -0.2) is 4.98 Å². The second-order valence-corrected chi connectivity index (χ2v) is 11.3. The van der Waals surface area contributed by atoms with Crippen LogP contribution in [0.3, 0.4) is 0 Å². The summed E-state index contributed by atoms with van der Waals surface area (Å²) < 4.78 is 1.85. The predicted molar refractivity (Wildman–Crippen MR) is 156 cm³/mol. The smallest absolute Gasteiger partial charge is 0.249 e. The molecule has 212 valence electrons. The first kappa shape index (κ1) is 29.4. The van der Waals surface area contributed by atoms with E-state index in [0.29, 0.717) is 25.1 Å². The summed E-state index contributed by atoms with van der Waals surface area (Å²) in [6.45, 7) is 5.86. The third-order valence-corrected chi connectivity index (χ3v) is 8.36. The van der Waals surface area contributed by atoms with Gasteiger partial charge in [0.2, 0.25) is 11.8 Å². The van der Waals surface area contributed by atoms with Gasteiger partial charge >= 0.3 is 0 Å². The lowest BCUT2D eigenvalue weighted by atomic mass is 9.64. The van der Waals surface area contributed by atoms with Gasteiger partial charge in [-0.15, -0.1) is 11.3 Å². The molecular formula is C30H38N6O3S. The zero-order valence-corrected chi connectivity index (χ0v) is 24.1. The van der Waals surface area contributed by atoms with E-state index in [4.69, 9.17) is 5.73 Å². The van der Waals surface area contributed by atoms with Gasteiger partial charge in [-0.1, -0.05) is 48.6 Å². The number of benzene rings is 1. The lowest BCUT2D eigenvalue weighted by molar-refractivity contribution is -0.131. The van der Waals surface area contributed by atoms with Crippen molar-refractivity contribution in [3.63, 3.8) is 0 Å². The number of hydrogen-bond acceptors (Lipinski definition) is 7. The molecular weight excluding hydrogens is 524 g/mol. The van der Waals surface area contributed by atoms with Crippen LogP contribution >= 0.6 is 11.3 Å². The fraction of sp³-hybridized carbons (Fsp3) is 0.400. The number of carbonyl (C=O) groups excluding carboxylic acids is 2. The number of thiazole rings is 1. The molecule has 9 nitrogen and oxygen atoms in total. The molecule has 0 fully saturated rings. The molecule has 0 saturated heterocycles. The highest BCUT2D eigenvalue weighted by atomic mass is 32.1. The van der Waals surface area contributed by atoms with E-state index in [2.05, 4.69) is 15.4 Å². The molecule has 0 radical (unpaired) electrons. The topological polar surface area (TPSA) is 126 Å². The van der Waals surface area contributed by atoms with E-state index in [1.165, 1.54) is 11.3 Å². The number of amides is 2. The van der Waals surface area contributed by atoms with E-state index in [-0.39, 0.29) is 18.9 Å². The average Bonchev–Trinajstić information content (AvgIpc) is 3.59. The van der Waals surface area contributed by atoms with Gasteiger partial charge in [0.15, 0.2) is 0 Å². The minimum absolute atomic E-state index is 0.108. The van der Waals surface area contributed by atoms with Crippen LogP contribution in [0.25, 0.3) is 0 Å². The van der Waals surface area contributed by atoms with E-state index in [9.17, 15) is 14.7 Å². The largest absolute Gasteiger partial charge is 0.391 e. The highest BCUT2D eigenvalue weighted by Gasteiger charge is 2.47. The molecule has 1 aromatic carbocycles. The number of nitrogens with one attached hydrogen (secondary N) is 1. The van der Waals surface area contributed by atoms with E-state index in [0.717, 1.165) is 28.4 Å². The summed E-state index contributed by atoms with van der Waals surface area (Å²) in [4.78, 5) is 32.8. The van der Waals surface area contributed by atoms with Gasteiger partial charge < -0.3 is 21.1 Å². The Labute approximate surface area is 239 Å². The first-order chi connectivity index (χ1) is 19.2. The molecule has 1 aliphatic rings. The van der Waals surface area contributed by atoms with Crippen LogP contribution in [0.15, 0.2) is 71.9 Å². The number of hydrogen-bond donors (Lipinski definition) is 3. The summed E-state index contributed by atoms with van der Waals surface area (Å²) in [5.74, 6) is -1.33. The number of aliphatic hydroxyl groups excluding tert-OH is 1. The van der Waals surface area contributed by atoms with Crippen molar-refractivity contribution in [1.82, 2.24) is 25.0 Å². The molecule has 3 atom stereocenters. The summed E-state index contributed by atoms with van der Waals surface area (Å²) in [6.07, 6.45) is 8.59. The molecule has 1 aliphatic carbocycles. The predicted octanol–water partition coefficient (Wildman–Crippen LogP) is 2.99. The van der Waals surface area contributed by atoms with Gasteiger partial charge in [-0.3, -0.25) is 14.3 Å². The molecule has 40 heavy (non-hydrogen) atoms. The van der Waals surface area contributed by atoms with E-state index in [1.54, 1.807) is 36.4 Å². The van der Waals surface area contributed by atoms with Crippen molar-refractivity contribution in [2.75, 3.05) is 13.6 Å². The molecule has 3 aromatic rings. The standard InChI is InChI=1S/C30H38N6O3S/c1-4-36-18-23(16-33-36)15-32-17-26(37)25(13-22-9-6-5-7-10-22)30(29(31)39)12-8-11-24(14-30)28(38)35(3)19-27-34-21(2)20-40-27/h5-12,16,18,20,25-26,32,37H,4,13-15,17,19H2,1-3H3,(H2,31,39)/t25-,26+,30?/m1/s1. The SMILES string of the molecule is CCn1cc(CNC[C@H](O)[C@@H](Cc2ccccc2)C2(C(N)=O)C=CC=C(C(=O)N(C)Cc3nc(C)cs3)C2)cn1. The van der Waals surface area contributed by atoms with Crippen molar-refractivity contribution in [3.8, 4) is 0 Å². The van der Waals surface area contributed by atoms with Crippen LogP contribution in [0, 0.1) is 18.3 Å². The van der Waals surface area contributed by atoms with Gasteiger partial charge in [-0.2, -0.15) is 5.10 Å². The number of aromatic nitrogens is 3. The Hall–Kier alpha value is -3.60. The highest BCUT2D eigenvalue weighted by Crippen LogP contribution is 2.43. The van der Waals surface area contributed by atoms with Crippen molar-refractivity contribution in [2.24, 2.45) is 17.1 Å². The minimum Gasteiger partial charge on any atom is -0.391 e. The van der Waals surface area contributed by atoms with Gasteiger partial charge in [0, 0.05) is 61.0 Å². The molecule has 10 heteroatoms. The number of nitrogens with two attached hydrogens (primary N) is 1. The van der Waals surface area contributed by atoms with Crippen LogP contribution in [0.1, 0.15) is 35.2 Å². The highest BCUT2D eigenvalue weighted by molar-refractivity contribution is 7.09. The monoisotopic (exact) mass is 562 g/mol. The first-order valence-corrected chi connectivity index (χ1v) is 14.4. The molecule has 1 unspecified atom stereocenters. The van der Waals surface area contributed by atoms with Crippen LogP contribution in [-0.4, -0.2) is 56.3 Å². The van der Waals surface area contributed by atoms with Crippen molar-refractivity contribution >= 4 is 23.2 Å². The first-order valence-electron chi connectivity index (χ1n) is 13.5. The third kappa shape index (κ3) is 6.93. The number of aliphatic hydroxyl groups is 1. The number of carbonyl (C=O) groups is 2. The lowest BCUT2D eigenvalue weighted by Crippen LogP contribution is -2.51. The Morgan fingerprint density at radius 2 is 2.05 bits per heavy atom. The zero-order chi connectivity index (χ0) is 28.7. The van der Waals surface area contributed by atoms with Gasteiger partial charge in [0.1, 0.15) is 5.01 Å². The molecule has 0 saturated carbocycles. The van der Waals surface area contributed by atoms with Crippen LogP contribution in [0.2, 0.25) is 0 Å². The fourth-order valence-electron chi connectivity index (χ4n) is 5.22. The van der Waals surface area contributed by atoms with Crippen molar-refractivity contribution in [1.29, 1.82) is 0 Å². The minimum atomic E-state index is -1.25. The summed E-state index contributed by atoms with van der Waals surface area (Å²) >= 11 is 1.51. The number of likely N-dealkylation sites (N-methyl/N-ethyl adjacent to an activating group) is 1. The molecule has 0 spiro atoms. The second-order valence-electron chi connectivity index (χ2n) is 10.4. The Morgan fingerprint density at radius 3 is 2.70 bits per heavy atom. The third-order valence-electron chi connectivity index (χ3n) is 7.41. The summed E-state index contributed by atoms with van der Waals surface area (Å²) in [5, 5.41) is 21.9. The molecule has 4 N–H and O–H groups in total. The van der Waals surface area contributed by atoms with Crippen LogP contribution in [-0.2, 0) is 35.6 Å². The Balaban J connectivity index is 1.55. The summed E-state index contributed by atoms with van der Waals surface area (Å²) in [6, 6.07) is 9.73. The average molecular weight is 563 g/mol. The maximum atomic E-state index is 13.5. The molecule has 0 bridgehead atoms. The molecule has 0 aliphatic heterocycles. The van der Waals surface area contributed by atoms with Gasteiger partial charge in [0.05, 0.1) is 24.3 Å². The Morgan fingerprint density at radius 1 is 1.27 bits per heavy atom. The Bertz CT molecular complexity index is 1360. The Kier molecular flexibility index (Phi) is 9.67. The second kappa shape index (κ2) is 13.2. The quantitative estimate of drug-likeness (QED) is 0.294. The van der Waals surface area contributed by atoms with E-state index in [1.807, 2.05) is 60.4 Å². The number of nitrogens with zero attached hydrogens (tertiary/aromatic N) is 4. The number of aryl methyl sites for hydroxylation is 2. The normalized spacial score (nSPS) is 18.2. The van der Waals surface area contributed by atoms with Gasteiger partial charge in [-0.05, 0) is 32.3 Å². The maximum Gasteiger partial charge on any atom is 0.249 e. The van der Waals surface area contributed by atoms with Crippen molar-refractivity contribution < 1.29 is 14.7 Å². The maximum absolute atomic E-state index is 13.5. The van der Waals surface area contributed by atoms with Crippen LogP contribution < -0.4 is 11.1 Å². The van der Waals surface area contributed by atoms with E-state index < -0.39 is 23.3 Å². The fourth-order valence-corrected chi connectivity index (χ4v) is 6.05. The van der Waals surface area contributed by atoms with E-state index >= 15 is 0 Å². The molecule has 2 amide bonds. The molecule has 2 aromatic heterocycles.